The average molecular weight is 553 g/mol. The number of rotatable bonds is 5. The van der Waals surface area contributed by atoms with Crippen molar-refractivity contribution in [2.75, 3.05) is 11.6 Å². The lowest BCUT2D eigenvalue weighted by Gasteiger charge is -2.12. The van der Waals surface area contributed by atoms with Crippen LogP contribution in [0.3, 0.4) is 0 Å². The molecule has 182 valence electrons. The molecule has 0 radical (unpaired) electrons. The van der Waals surface area contributed by atoms with Gasteiger partial charge in [-0.25, -0.2) is 31.3 Å². The maximum absolute atomic E-state index is 13.2. The van der Waals surface area contributed by atoms with Crippen LogP contribution < -0.4 is 15.6 Å². The van der Waals surface area contributed by atoms with Crippen molar-refractivity contribution in [1.82, 2.24) is 14.3 Å². The van der Waals surface area contributed by atoms with E-state index in [1.807, 2.05) is 4.72 Å². The molecule has 2 heterocycles. The maximum Gasteiger partial charge on any atom is 0.333 e. The molecule has 2 aromatic heterocycles. The van der Waals surface area contributed by atoms with Gasteiger partial charge in [-0.3, -0.25) is 9.36 Å². The van der Waals surface area contributed by atoms with E-state index >= 15 is 0 Å². The quantitative estimate of drug-likeness (QED) is 0.386. The Bertz CT molecular complexity index is 1740. The number of aromatic nitrogens is 2. The molecule has 0 bridgehead atoms. The van der Waals surface area contributed by atoms with Crippen LogP contribution in [0.15, 0.2) is 68.5 Å². The SMILES string of the molecule is Cc1nc2ccc(S(C)(=O)=O)cc2c(=O)n1-c1ccc(NC(=O)NS(=O)(=O)c2ccc(Cl)s2)cc1. The Morgan fingerprint density at radius 3 is 2.31 bits per heavy atom. The molecular weight excluding hydrogens is 536 g/mol. The summed E-state index contributed by atoms with van der Waals surface area (Å²) in [6.45, 7) is 1.63. The fourth-order valence-electron chi connectivity index (χ4n) is 3.28. The standard InChI is InChI=1S/C21H17ClN4O6S3/c1-12-23-17-8-7-15(34(2,29)30)11-16(17)20(27)26(12)14-5-3-13(4-6-14)24-21(28)25-35(31,32)19-10-9-18(22)33-19/h3-11H,1-2H3,(H2,24,25,28). The largest absolute Gasteiger partial charge is 0.333 e. The summed E-state index contributed by atoms with van der Waals surface area (Å²) in [6, 6.07) is 11.9. The van der Waals surface area contributed by atoms with Crippen LogP contribution in [0.2, 0.25) is 4.34 Å². The molecule has 0 aliphatic rings. The monoisotopic (exact) mass is 552 g/mol. The molecule has 10 nitrogen and oxygen atoms in total. The first kappa shape index (κ1) is 24.9. The Kier molecular flexibility index (Phi) is 6.44. The van der Waals surface area contributed by atoms with Crippen molar-refractivity contribution in [3.8, 4) is 5.69 Å². The van der Waals surface area contributed by atoms with E-state index in [0.717, 1.165) is 17.6 Å². The van der Waals surface area contributed by atoms with Gasteiger partial charge in [0.1, 0.15) is 10.0 Å². The molecule has 4 aromatic rings. The average Bonchev–Trinajstić information content (AvgIpc) is 3.21. The van der Waals surface area contributed by atoms with E-state index in [1.54, 1.807) is 6.92 Å². The molecular formula is C21H17ClN4O6S3. The minimum absolute atomic E-state index is 0.00429. The molecule has 14 heteroatoms. The van der Waals surface area contributed by atoms with Crippen LogP contribution in [0.5, 0.6) is 0 Å². The summed E-state index contributed by atoms with van der Waals surface area (Å²) >= 11 is 6.56. The minimum Gasteiger partial charge on any atom is -0.307 e. The molecule has 0 atom stereocenters. The molecule has 0 aliphatic carbocycles. The van der Waals surface area contributed by atoms with E-state index in [2.05, 4.69) is 10.3 Å². The van der Waals surface area contributed by atoms with E-state index in [-0.39, 0.29) is 24.5 Å². The molecule has 2 aromatic carbocycles. The van der Waals surface area contributed by atoms with Gasteiger partial charge in [-0.05, 0) is 61.5 Å². The summed E-state index contributed by atoms with van der Waals surface area (Å²) in [5.41, 5.74) is 0.583. The summed E-state index contributed by atoms with van der Waals surface area (Å²) in [6.07, 6.45) is 1.05. The van der Waals surface area contributed by atoms with Gasteiger partial charge in [0.15, 0.2) is 9.84 Å². The fourth-order valence-corrected chi connectivity index (χ4v) is 6.31. The van der Waals surface area contributed by atoms with Gasteiger partial charge < -0.3 is 5.32 Å². The Hall–Kier alpha value is -3.26. The molecule has 0 spiro atoms. The van der Waals surface area contributed by atoms with Crippen LogP contribution in [0.4, 0.5) is 10.5 Å². The number of thiophene rings is 1. The van der Waals surface area contributed by atoms with Gasteiger partial charge in [0.2, 0.25) is 0 Å². The minimum atomic E-state index is -4.08. The molecule has 0 unspecified atom stereocenters. The lowest BCUT2D eigenvalue weighted by molar-refractivity contribution is 0.256. The van der Waals surface area contributed by atoms with E-state index < -0.39 is 31.5 Å². The summed E-state index contributed by atoms with van der Waals surface area (Å²) < 4.78 is 51.7. The number of sulfonamides is 1. The van der Waals surface area contributed by atoms with E-state index in [9.17, 15) is 26.4 Å². The number of carbonyl (C=O) groups is 1. The van der Waals surface area contributed by atoms with E-state index in [1.165, 1.54) is 59.2 Å². The first-order chi connectivity index (χ1) is 16.3. The number of aryl methyl sites for hydroxylation is 1. The van der Waals surface area contributed by atoms with Crippen molar-refractivity contribution in [3.05, 3.63) is 75.1 Å². The highest BCUT2D eigenvalue weighted by Crippen LogP contribution is 2.25. The number of hydrogen-bond donors (Lipinski definition) is 2. The van der Waals surface area contributed by atoms with Crippen LogP contribution in [-0.4, -0.2) is 38.7 Å². The molecule has 2 amide bonds. The zero-order valence-corrected chi connectivity index (χ0v) is 21.3. The number of halogens is 1. The van der Waals surface area contributed by atoms with E-state index in [0.29, 0.717) is 17.0 Å². The second-order valence-electron chi connectivity index (χ2n) is 7.42. The van der Waals surface area contributed by atoms with Crippen molar-refractivity contribution in [1.29, 1.82) is 0 Å². The number of hydrogen-bond acceptors (Lipinski definition) is 8. The maximum atomic E-state index is 13.2. The number of benzene rings is 2. The van der Waals surface area contributed by atoms with Gasteiger partial charge in [0, 0.05) is 11.9 Å². The number of urea groups is 1. The Labute approximate surface area is 209 Å². The molecule has 4 rings (SSSR count). The Balaban J connectivity index is 1.60. The van der Waals surface area contributed by atoms with Crippen LogP contribution in [0.25, 0.3) is 16.6 Å². The zero-order valence-electron chi connectivity index (χ0n) is 18.1. The third-order valence-corrected chi connectivity index (χ3v) is 9.02. The number of carbonyl (C=O) groups excluding carboxylic acids is 1. The predicted octanol–water partition coefficient (Wildman–Crippen LogP) is 3.32. The zero-order chi connectivity index (χ0) is 25.5. The second kappa shape index (κ2) is 9.07. The summed E-state index contributed by atoms with van der Waals surface area (Å²) in [5.74, 6) is 0.369. The highest BCUT2D eigenvalue weighted by molar-refractivity contribution is 7.92. The van der Waals surface area contributed by atoms with Crippen LogP contribution in [-0.2, 0) is 19.9 Å². The number of anilines is 1. The summed E-state index contributed by atoms with van der Waals surface area (Å²) in [5, 5.41) is 2.55. The number of amides is 2. The van der Waals surface area contributed by atoms with Gasteiger partial charge in [0.25, 0.3) is 15.6 Å². The molecule has 0 saturated heterocycles. The summed E-state index contributed by atoms with van der Waals surface area (Å²) in [7, 11) is -7.60. The Morgan fingerprint density at radius 1 is 1.03 bits per heavy atom. The van der Waals surface area contributed by atoms with Crippen LogP contribution in [0, 0.1) is 6.92 Å². The smallest absolute Gasteiger partial charge is 0.307 e. The van der Waals surface area contributed by atoms with Gasteiger partial charge in [-0.1, -0.05) is 11.6 Å². The molecule has 35 heavy (non-hydrogen) atoms. The highest BCUT2D eigenvalue weighted by atomic mass is 35.5. The van der Waals surface area contributed by atoms with Gasteiger partial charge in [-0.15, -0.1) is 11.3 Å². The molecule has 0 saturated carbocycles. The first-order valence-corrected chi connectivity index (χ1v) is 14.3. The number of nitrogens with zero attached hydrogens (tertiary/aromatic N) is 2. The summed E-state index contributed by atoms with van der Waals surface area (Å²) in [4.78, 5) is 29.7. The normalized spacial score (nSPS) is 12.0. The topological polar surface area (TPSA) is 144 Å². The highest BCUT2D eigenvalue weighted by Gasteiger charge is 2.20. The van der Waals surface area contributed by atoms with Crippen LogP contribution in [0.1, 0.15) is 5.82 Å². The van der Waals surface area contributed by atoms with Gasteiger partial charge >= 0.3 is 6.03 Å². The number of nitrogens with one attached hydrogen (secondary N) is 2. The van der Waals surface area contributed by atoms with Crippen molar-refractivity contribution in [2.24, 2.45) is 0 Å². The van der Waals surface area contributed by atoms with Crippen molar-refractivity contribution in [2.45, 2.75) is 16.0 Å². The second-order valence-corrected chi connectivity index (χ2v) is 13.1. The third kappa shape index (κ3) is 5.22. The lowest BCUT2D eigenvalue weighted by Crippen LogP contribution is -2.33. The van der Waals surface area contributed by atoms with E-state index in [4.69, 9.17) is 11.6 Å². The fraction of sp³-hybridized carbons (Fsp3) is 0.0952. The van der Waals surface area contributed by atoms with Gasteiger partial charge in [0.05, 0.1) is 25.8 Å². The van der Waals surface area contributed by atoms with Crippen molar-refractivity contribution < 1.29 is 21.6 Å². The molecule has 2 N–H and O–H groups in total. The number of sulfone groups is 1. The van der Waals surface area contributed by atoms with Crippen molar-refractivity contribution in [3.63, 3.8) is 0 Å². The Morgan fingerprint density at radius 2 is 1.71 bits per heavy atom. The van der Waals surface area contributed by atoms with Crippen molar-refractivity contribution >= 4 is 65.4 Å². The number of fused-ring (bicyclic) bond motifs is 1. The third-order valence-electron chi connectivity index (χ3n) is 4.86. The molecule has 0 aliphatic heterocycles. The predicted molar refractivity (Wildman–Crippen MR) is 134 cm³/mol. The lowest BCUT2D eigenvalue weighted by atomic mass is 10.2. The first-order valence-electron chi connectivity index (χ1n) is 9.78. The van der Waals surface area contributed by atoms with Gasteiger partial charge in [-0.2, -0.15) is 0 Å². The van der Waals surface area contributed by atoms with Crippen LogP contribution >= 0.6 is 22.9 Å². The molecule has 0 fully saturated rings.